The number of halogens is 2. The van der Waals surface area contributed by atoms with Gasteiger partial charge in [0.05, 0.1) is 4.90 Å². The zero-order valence-electron chi connectivity index (χ0n) is 13.7. The van der Waals surface area contributed by atoms with Crippen molar-refractivity contribution in [1.82, 2.24) is 9.21 Å². The zero-order chi connectivity index (χ0) is 17.9. The highest BCUT2D eigenvalue weighted by Crippen LogP contribution is 2.20. The molecule has 2 aromatic rings. The molecule has 0 aromatic heterocycles. The van der Waals surface area contributed by atoms with Crippen LogP contribution in [0.15, 0.2) is 53.4 Å². The van der Waals surface area contributed by atoms with Crippen molar-refractivity contribution in [1.29, 1.82) is 0 Å². The summed E-state index contributed by atoms with van der Waals surface area (Å²) in [5, 5.41) is 0.511. The number of sulfonamides is 1. The minimum Gasteiger partial charge on any atom is -0.300 e. The van der Waals surface area contributed by atoms with Crippen LogP contribution in [0.3, 0.4) is 0 Å². The Hall–Kier alpha value is -1.47. The van der Waals surface area contributed by atoms with Crippen LogP contribution in [0.1, 0.15) is 5.56 Å². The van der Waals surface area contributed by atoms with E-state index in [-0.39, 0.29) is 10.7 Å². The Morgan fingerprint density at radius 3 is 2.24 bits per heavy atom. The molecule has 0 unspecified atom stereocenters. The van der Waals surface area contributed by atoms with Crippen molar-refractivity contribution in [3.63, 3.8) is 0 Å². The summed E-state index contributed by atoms with van der Waals surface area (Å²) in [4.78, 5) is 2.43. The standard InChI is InChI=1S/C18H20ClFN2O2S/c19-16-5-7-17(8-6-16)25(23,24)22-13-11-21(12-14-22)10-9-15-3-1-2-4-18(15)20/h1-8H,9-14H2. The second-order valence-electron chi connectivity index (χ2n) is 6.04. The molecule has 1 aliphatic rings. The molecule has 0 atom stereocenters. The Balaban J connectivity index is 1.56. The molecular weight excluding hydrogens is 363 g/mol. The summed E-state index contributed by atoms with van der Waals surface area (Å²) in [7, 11) is -3.49. The van der Waals surface area contributed by atoms with Gasteiger partial charge in [0.15, 0.2) is 0 Å². The maximum atomic E-state index is 13.7. The van der Waals surface area contributed by atoms with Crippen LogP contribution in [0.25, 0.3) is 0 Å². The summed E-state index contributed by atoms with van der Waals surface area (Å²) < 4.78 is 40.4. The van der Waals surface area contributed by atoms with Crippen molar-refractivity contribution in [2.24, 2.45) is 0 Å². The molecule has 4 nitrogen and oxygen atoms in total. The van der Waals surface area contributed by atoms with Crippen LogP contribution in [0.4, 0.5) is 4.39 Å². The number of rotatable bonds is 5. The first kappa shape index (κ1) is 18.3. The lowest BCUT2D eigenvalue weighted by atomic mass is 10.1. The summed E-state index contributed by atoms with van der Waals surface area (Å²) in [6.07, 6.45) is 0.622. The van der Waals surface area contributed by atoms with Gasteiger partial charge in [-0.2, -0.15) is 4.31 Å². The van der Waals surface area contributed by atoms with Gasteiger partial charge >= 0.3 is 0 Å². The van der Waals surface area contributed by atoms with E-state index in [0.717, 1.165) is 6.54 Å². The Labute approximate surface area is 152 Å². The van der Waals surface area contributed by atoms with Crippen LogP contribution in [0, 0.1) is 5.82 Å². The van der Waals surface area contributed by atoms with Gasteiger partial charge in [-0.25, -0.2) is 12.8 Å². The van der Waals surface area contributed by atoms with Gasteiger partial charge in [0.1, 0.15) is 5.82 Å². The molecule has 0 spiro atoms. The molecule has 0 bridgehead atoms. The second-order valence-corrected chi connectivity index (χ2v) is 8.42. The minimum atomic E-state index is -3.49. The summed E-state index contributed by atoms with van der Waals surface area (Å²) in [5.41, 5.74) is 0.693. The molecule has 0 aliphatic carbocycles. The van der Waals surface area contributed by atoms with Gasteiger partial charge in [0, 0.05) is 37.7 Å². The number of nitrogens with zero attached hydrogens (tertiary/aromatic N) is 2. The molecule has 0 N–H and O–H groups in total. The molecule has 0 radical (unpaired) electrons. The molecule has 1 aliphatic heterocycles. The largest absolute Gasteiger partial charge is 0.300 e. The van der Waals surface area contributed by atoms with Gasteiger partial charge in [-0.1, -0.05) is 29.8 Å². The van der Waals surface area contributed by atoms with Crippen molar-refractivity contribution in [2.45, 2.75) is 11.3 Å². The fourth-order valence-corrected chi connectivity index (χ4v) is 4.48. The maximum Gasteiger partial charge on any atom is 0.243 e. The fourth-order valence-electron chi connectivity index (χ4n) is 2.93. The van der Waals surface area contributed by atoms with Crippen molar-refractivity contribution in [3.8, 4) is 0 Å². The lowest BCUT2D eigenvalue weighted by molar-refractivity contribution is 0.190. The van der Waals surface area contributed by atoms with E-state index in [9.17, 15) is 12.8 Å². The van der Waals surface area contributed by atoms with Crippen molar-refractivity contribution in [3.05, 3.63) is 64.9 Å². The van der Waals surface area contributed by atoms with Crippen LogP contribution in [0.5, 0.6) is 0 Å². The molecule has 0 amide bonds. The van der Waals surface area contributed by atoms with E-state index in [1.807, 2.05) is 6.07 Å². The lowest BCUT2D eigenvalue weighted by Gasteiger charge is -2.34. The molecule has 1 fully saturated rings. The Morgan fingerprint density at radius 1 is 0.960 bits per heavy atom. The van der Waals surface area contributed by atoms with Crippen molar-refractivity contribution >= 4 is 21.6 Å². The van der Waals surface area contributed by atoms with Crippen molar-refractivity contribution in [2.75, 3.05) is 32.7 Å². The summed E-state index contributed by atoms with van der Waals surface area (Å²) in [6.45, 7) is 2.86. The Morgan fingerprint density at radius 2 is 1.60 bits per heavy atom. The van der Waals surface area contributed by atoms with Crippen LogP contribution < -0.4 is 0 Å². The van der Waals surface area contributed by atoms with Crippen LogP contribution in [0.2, 0.25) is 5.02 Å². The lowest BCUT2D eigenvalue weighted by Crippen LogP contribution is -2.49. The third-order valence-electron chi connectivity index (χ3n) is 4.44. The number of piperazine rings is 1. The maximum absolute atomic E-state index is 13.7. The topological polar surface area (TPSA) is 40.6 Å². The molecular formula is C18H20ClFN2O2S. The fraction of sp³-hybridized carbons (Fsp3) is 0.333. The highest BCUT2D eigenvalue weighted by Gasteiger charge is 2.28. The quantitative estimate of drug-likeness (QED) is 0.798. The normalized spacial score (nSPS) is 16.9. The van der Waals surface area contributed by atoms with E-state index in [0.29, 0.717) is 43.2 Å². The minimum absolute atomic E-state index is 0.188. The average Bonchev–Trinajstić information content (AvgIpc) is 2.62. The van der Waals surface area contributed by atoms with Gasteiger partial charge in [-0.3, -0.25) is 0 Å². The first-order valence-corrected chi connectivity index (χ1v) is 10.00. The van der Waals surface area contributed by atoms with Gasteiger partial charge < -0.3 is 4.90 Å². The first-order valence-electron chi connectivity index (χ1n) is 8.18. The number of benzene rings is 2. The number of hydrogen-bond acceptors (Lipinski definition) is 3. The van der Waals surface area contributed by atoms with E-state index in [1.54, 1.807) is 24.3 Å². The summed E-state index contributed by atoms with van der Waals surface area (Å²) in [5.74, 6) is -0.188. The summed E-state index contributed by atoms with van der Waals surface area (Å²) >= 11 is 5.82. The van der Waals surface area contributed by atoms with E-state index in [2.05, 4.69) is 4.90 Å². The first-order chi connectivity index (χ1) is 12.0. The zero-order valence-corrected chi connectivity index (χ0v) is 15.3. The van der Waals surface area contributed by atoms with Crippen LogP contribution >= 0.6 is 11.6 Å². The average molecular weight is 383 g/mol. The third kappa shape index (κ3) is 4.39. The molecule has 3 rings (SSSR count). The Bertz CT molecular complexity index is 819. The van der Waals surface area contributed by atoms with Gasteiger partial charge in [0.25, 0.3) is 0 Å². The third-order valence-corrected chi connectivity index (χ3v) is 6.60. The van der Waals surface area contributed by atoms with E-state index in [1.165, 1.54) is 22.5 Å². The van der Waals surface area contributed by atoms with Crippen LogP contribution in [-0.2, 0) is 16.4 Å². The molecule has 0 saturated carbocycles. The van der Waals surface area contributed by atoms with E-state index >= 15 is 0 Å². The molecule has 25 heavy (non-hydrogen) atoms. The molecule has 1 saturated heterocycles. The highest BCUT2D eigenvalue weighted by molar-refractivity contribution is 7.89. The number of hydrogen-bond donors (Lipinski definition) is 0. The Kier molecular flexibility index (Phi) is 5.74. The monoisotopic (exact) mass is 382 g/mol. The van der Waals surface area contributed by atoms with E-state index in [4.69, 9.17) is 11.6 Å². The van der Waals surface area contributed by atoms with E-state index < -0.39 is 10.0 Å². The second kappa shape index (κ2) is 7.83. The molecule has 134 valence electrons. The molecule has 1 heterocycles. The predicted octanol–water partition coefficient (Wildman–Crippen LogP) is 3.03. The predicted molar refractivity (Wildman–Crippen MR) is 96.8 cm³/mol. The van der Waals surface area contributed by atoms with Gasteiger partial charge in [0.2, 0.25) is 10.0 Å². The SMILES string of the molecule is O=S(=O)(c1ccc(Cl)cc1)N1CCN(CCc2ccccc2F)CC1. The molecule has 2 aromatic carbocycles. The smallest absolute Gasteiger partial charge is 0.243 e. The summed E-state index contributed by atoms with van der Waals surface area (Å²) in [6, 6.07) is 13.0. The van der Waals surface area contributed by atoms with Crippen LogP contribution in [-0.4, -0.2) is 50.3 Å². The molecule has 7 heteroatoms. The highest BCUT2D eigenvalue weighted by atomic mass is 35.5. The van der Waals surface area contributed by atoms with Crippen molar-refractivity contribution < 1.29 is 12.8 Å². The van der Waals surface area contributed by atoms with Gasteiger partial charge in [-0.15, -0.1) is 0 Å². The van der Waals surface area contributed by atoms with Gasteiger partial charge in [-0.05, 0) is 42.3 Å².